The molecule has 2 aromatic heterocycles. The highest BCUT2D eigenvalue weighted by molar-refractivity contribution is 7.19. The number of hydrogen-bond acceptors (Lipinski definition) is 4. The molecule has 1 saturated heterocycles. The molecule has 0 unspecified atom stereocenters. The molecule has 3 nitrogen and oxygen atoms in total. The van der Waals surface area contributed by atoms with Crippen molar-refractivity contribution in [3.8, 4) is 11.1 Å². The first kappa shape index (κ1) is 16.8. The van der Waals surface area contributed by atoms with Gasteiger partial charge in [0.25, 0.3) is 0 Å². The lowest BCUT2D eigenvalue weighted by molar-refractivity contribution is 0.574. The summed E-state index contributed by atoms with van der Waals surface area (Å²) in [6.07, 6.45) is 4.79. The van der Waals surface area contributed by atoms with Crippen LogP contribution in [0.5, 0.6) is 0 Å². The number of aromatic nitrogens is 2. The van der Waals surface area contributed by atoms with E-state index < -0.39 is 0 Å². The number of benzene rings is 1. The number of fused-ring (bicyclic) bond motifs is 1. The molecule has 4 rings (SSSR count). The number of aryl methyl sites for hydroxylation is 2. The normalized spacial score (nSPS) is 15.1. The highest BCUT2D eigenvalue weighted by Gasteiger charge is 2.22. The summed E-state index contributed by atoms with van der Waals surface area (Å²) in [5.74, 6) is 1.01. The maximum atomic E-state index is 6.25. The van der Waals surface area contributed by atoms with Crippen molar-refractivity contribution >= 4 is 39.0 Å². The van der Waals surface area contributed by atoms with Gasteiger partial charge in [-0.1, -0.05) is 31.2 Å². The van der Waals surface area contributed by atoms with Crippen molar-refractivity contribution in [1.29, 1.82) is 0 Å². The maximum Gasteiger partial charge on any atom is 0.225 e. The van der Waals surface area contributed by atoms with Crippen LogP contribution in [0.1, 0.15) is 36.6 Å². The van der Waals surface area contributed by atoms with E-state index in [9.17, 15) is 0 Å². The van der Waals surface area contributed by atoms with Crippen molar-refractivity contribution in [3.63, 3.8) is 0 Å². The van der Waals surface area contributed by atoms with Gasteiger partial charge in [0.1, 0.15) is 10.6 Å². The molecular formula is C20H22ClN3S. The van der Waals surface area contributed by atoms with Crippen LogP contribution >= 0.6 is 22.9 Å². The second kappa shape index (κ2) is 6.93. The van der Waals surface area contributed by atoms with E-state index in [0.29, 0.717) is 5.28 Å². The van der Waals surface area contributed by atoms with E-state index >= 15 is 0 Å². The van der Waals surface area contributed by atoms with E-state index in [4.69, 9.17) is 11.6 Å². The van der Waals surface area contributed by atoms with Crippen molar-refractivity contribution in [2.75, 3.05) is 18.0 Å². The molecule has 0 atom stereocenters. The Morgan fingerprint density at radius 2 is 1.80 bits per heavy atom. The van der Waals surface area contributed by atoms with E-state index in [0.717, 1.165) is 35.5 Å². The third-order valence-electron chi connectivity index (χ3n) is 4.99. The van der Waals surface area contributed by atoms with Crippen molar-refractivity contribution in [2.24, 2.45) is 0 Å². The Kier molecular flexibility index (Phi) is 4.65. The number of anilines is 1. The zero-order valence-corrected chi connectivity index (χ0v) is 16.3. The van der Waals surface area contributed by atoms with Crippen molar-refractivity contribution in [3.05, 3.63) is 40.0 Å². The molecule has 1 aliphatic heterocycles. The maximum absolute atomic E-state index is 6.25. The van der Waals surface area contributed by atoms with Crippen LogP contribution in [0.25, 0.3) is 21.3 Å². The third-order valence-corrected chi connectivity index (χ3v) is 6.16. The number of rotatable bonds is 3. The average Bonchev–Trinajstić information content (AvgIpc) is 2.97. The lowest BCUT2D eigenvalue weighted by atomic mass is 10.0. The van der Waals surface area contributed by atoms with Gasteiger partial charge in [0.15, 0.2) is 0 Å². The van der Waals surface area contributed by atoms with E-state index in [1.165, 1.54) is 40.8 Å². The molecule has 0 aliphatic carbocycles. The Morgan fingerprint density at radius 3 is 2.48 bits per heavy atom. The molecule has 0 bridgehead atoms. The largest absolute Gasteiger partial charge is 0.356 e. The molecule has 130 valence electrons. The summed E-state index contributed by atoms with van der Waals surface area (Å²) < 4.78 is 0. The van der Waals surface area contributed by atoms with E-state index in [-0.39, 0.29) is 0 Å². The fourth-order valence-corrected chi connectivity index (χ4v) is 4.91. The number of halogens is 1. The summed E-state index contributed by atoms with van der Waals surface area (Å²) >= 11 is 7.96. The summed E-state index contributed by atoms with van der Waals surface area (Å²) in [7, 11) is 0. The van der Waals surface area contributed by atoms with Gasteiger partial charge in [-0.3, -0.25) is 0 Å². The van der Waals surface area contributed by atoms with E-state index in [2.05, 4.69) is 53.0 Å². The second-order valence-corrected chi connectivity index (χ2v) is 8.17. The van der Waals surface area contributed by atoms with Crippen LogP contribution in [0.3, 0.4) is 0 Å². The van der Waals surface area contributed by atoms with Gasteiger partial charge in [-0.25, -0.2) is 4.98 Å². The quantitative estimate of drug-likeness (QED) is 0.539. The van der Waals surface area contributed by atoms with E-state index in [1.54, 1.807) is 11.3 Å². The zero-order valence-electron chi connectivity index (χ0n) is 14.7. The fourth-order valence-electron chi connectivity index (χ4n) is 3.66. The Bertz CT molecular complexity index is 895. The molecule has 1 aromatic carbocycles. The predicted molar refractivity (Wildman–Crippen MR) is 108 cm³/mol. The molecule has 1 aliphatic rings. The molecule has 1 fully saturated rings. The molecule has 25 heavy (non-hydrogen) atoms. The minimum atomic E-state index is 0.349. The SMILES string of the molecule is CCc1ccc(-c2c(C)sc3nc(Cl)nc(N4CCCCC4)c23)cc1. The molecule has 0 radical (unpaired) electrons. The van der Waals surface area contributed by atoms with E-state index in [1.807, 2.05) is 0 Å². The topological polar surface area (TPSA) is 29.0 Å². The minimum Gasteiger partial charge on any atom is -0.356 e. The van der Waals surface area contributed by atoms with Gasteiger partial charge in [0, 0.05) is 23.5 Å². The Morgan fingerprint density at radius 1 is 1.08 bits per heavy atom. The van der Waals surface area contributed by atoms with Gasteiger partial charge in [0.2, 0.25) is 5.28 Å². The van der Waals surface area contributed by atoms with Crippen molar-refractivity contribution in [1.82, 2.24) is 9.97 Å². The first-order valence-electron chi connectivity index (χ1n) is 8.98. The first-order chi connectivity index (χ1) is 12.2. The monoisotopic (exact) mass is 371 g/mol. The van der Waals surface area contributed by atoms with Gasteiger partial charge in [-0.15, -0.1) is 11.3 Å². The summed E-state index contributed by atoms with van der Waals surface area (Å²) in [4.78, 5) is 13.8. The Labute approximate surface area is 157 Å². The van der Waals surface area contributed by atoms with Crippen LogP contribution in [0, 0.1) is 6.92 Å². The van der Waals surface area contributed by atoms with Crippen LogP contribution in [-0.2, 0) is 6.42 Å². The number of thiophene rings is 1. The van der Waals surface area contributed by atoms with Crippen molar-refractivity contribution in [2.45, 2.75) is 39.5 Å². The summed E-state index contributed by atoms with van der Waals surface area (Å²) in [5.41, 5.74) is 3.86. The van der Waals surface area contributed by atoms with Crippen LogP contribution in [0.4, 0.5) is 5.82 Å². The van der Waals surface area contributed by atoms with Crippen molar-refractivity contribution < 1.29 is 0 Å². The highest BCUT2D eigenvalue weighted by atomic mass is 35.5. The van der Waals surface area contributed by atoms with Crippen LogP contribution < -0.4 is 4.90 Å². The molecular weight excluding hydrogens is 350 g/mol. The number of nitrogens with zero attached hydrogens (tertiary/aromatic N) is 3. The van der Waals surface area contributed by atoms with Gasteiger partial charge < -0.3 is 4.90 Å². The van der Waals surface area contributed by atoms with Gasteiger partial charge in [-0.05, 0) is 55.3 Å². The fraction of sp³-hybridized carbons (Fsp3) is 0.400. The zero-order chi connectivity index (χ0) is 17.4. The number of piperidine rings is 1. The highest BCUT2D eigenvalue weighted by Crippen LogP contribution is 2.42. The Balaban J connectivity index is 1.92. The Hall–Kier alpha value is -1.65. The second-order valence-electron chi connectivity index (χ2n) is 6.63. The smallest absolute Gasteiger partial charge is 0.225 e. The van der Waals surface area contributed by atoms with Crippen LogP contribution in [-0.4, -0.2) is 23.1 Å². The predicted octanol–water partition coefficient (Wildman–Crippen LogP) is 5.87. The van der Waals surface area contributed by atoms with Crippen LogP contribution in [0.2, 0.25) is 5.28 Å². The standard InChI is InChI=1S/C20H22ClN3S/c1-3-14-7-9-15(10-8-14)16-13(2)25-19-17(16)18(22-20(21)23-19)24-11-5-4-6-12-24/h7-10H,3-6,11-12H2,1-2H3. The lowest BCUT2D eigenvalue weighted by Crippen LogP contribution is -2.30. The number of hydrogen-bond donors (Lipinski definition) is 0. The van der Waals surface area contributed by atoms with Crippen LogP contribution in [0.15, 0.2) is 24.3 Å². The first-order valence-corrected chi connectivity index (χ1v) is 10.2. The lowest BCUT2D eigenvalue weighted by Gasteiger charge is -2.28. The summed E-state index contributed by atoms with van der Waals surface area (Å²) in [6.45, 7) is 6.45. The summed E-state index contributed by atoms with van der Waals surface area (Å²) in [6, 6.07) is 8.88. The molecule has 0 spiro atoms. The molecule has 0 saturated carbocycles. The minimum absolute atomic E-state index is 0.349. The van der Waals surface area contributed by atoms with Gasteiger partial charge in [-0.2, -0.15) is 4.98 Å². The molecule has 0 amide bonds. The molecule has 0 N–H and O–H groups in total. The van der Waals surface area contributed by atoms with Gasteiger partial charge in [0.05, 0.1) is 5.39 Å². The van der Waals surface area contributed by atoms with Gasteiger partial charge >= 0.3 is 0 Å². The summed E-state index contributed by atoms with van der Waals surface area (Å²) in [5, 5.41) is 1.51. The third kappa shape index (κ3) is 3.13. The molecule has 3 heterocycles. The molecule has 3 aromatic rings. The average molecular weight is 372 g/mol. The molecule has 5 heteroatoms.